The minimum Gasteiger partial charge on any atom is -0.476 e. The van der Waals surface area contributed by atoms with Crippen molar-refractivity contribution in [3.05, 3.63) is 17.8 Å². The van der Waals surface area contributed by atoms with Crippen molar-refractivity contribution in [3.63, 3.8) is 0 Å². The average molecular weight is 185 g/mol. The Morgan fingerprint density at radius 3 is 3.00 bits per heavy atom. The second-order valence-electron chi connectivity index (χ2n) is 2.79. The molecule has 0 aliphatic rings. The van der Waals surface area contributed by atoms with E-state index in [2.05, 4.69) is 4.98 Å². The van der Waals surface area contributed by atoms with Crippen molar-refractivity contribution in [3.8, 4) is 0 Å². The second-order valence-corrected chi connectivity index (χ2v) is 2.79. The standard InChI is InChI=1S/C8H11NO4/c1-5(2)12-3-6-7(8(10)11)9-4-13-6/h4-5H,3H2,1-2H3,(H,10,11). The third kappa shape index (κ3) is 2.55. The molecule has 1 rings (SSSR count). The molecule has 0 radical (unpaired) electrons. The van der Waals surface area contributed by atoms with E-state index in [-0.39, 0.29) is 24.2 Å². The van der Waals surface area contributed by atoms with Crippen molar-refractivity contribution in [1.29, 1.82) is 0 Å². The molecule has 72 valence electrons. The summed E-state index contributed by atoms with van der Waals surface area (Å²) in [5.41, 5.74) is -0.0827. The lowest BCUT2D eigenvalue weighted by atomic mass is 10.3. The van der Waals surface area contributed by atoms with Crippen molar-refractivity contribution in [2.24, 2.45) is 0 Å². The summed E-state index contributed by atoms with van der Waals surface area (Å²) in [7, 11) is 0. The molecule has 0 saturated carbocycles. The van der Waals surface area contributed by atoms with Crippen molar-refractivity contribution < 1.29 is 19.1 Å². The molecular formula is C8H11NO4. The molecule has 13 heavy (non-hydrogen) atoms. The number of aromatic nitrogens is 1. The molecule has 0 bridgehead atoms. The van der Waals surface area contributed by atoms with Crippen LogP contribution >= 0.6 is 0 Å². The molecule has 0 aromatic carbocycles. The molecule has 0 aliphatic heterocycles. The van der Waals surface area contributed by atoms with E-state index in [0.29, 0.717) is 0 Å². The summed E-state index contributed by atoms with van der Waals surface area (Å²) >= 11 is 0. The summed E-state index contributed by atoms with van der Waals surface area (Å²) < 4.78 is 10.0. The summed E-state index contributed by atoms with van der Waals surface area (Å²) in [5.74, 6) is -0.850. The highest BCUT2D eigenvalue weighted by atomic mass is 16.5. The van der Waals surface area contributed by atoms with Crippen molar-refractivity contribution >= 4 is 5.97 Å². The van der Waals surface area contributed by atoms with Gasteiger partial charge in [-0.05, 0) is 13.8 Å². The van der Waals surface area contributed by atoms with Gasteiger partial charge in [-0.3, -0.25) is 0 Å². The van der Waals surface area contributed by atoms with Crippen LogP contribution in [-0.2, 0) is 11.3 Å². The van der Waals surface area contributed by atoms with Gasteiger partial charge in [0.2, 0.25) is 0 Å². The van der Waals surface area contributed by atoms with E-state index in [1.165, 1.54) is 0 Å². The molecule has 1 aromatic heterocycles. The van der Waals surface area contributed by atoms with Crippen LogP contribution in [0.25, 0.3) is 0 Å². The van der Waals surface area contributed by atoms with Crippen molar-refractivity contribution in [1.82, 2.24) is 4.98 Å². The monoisotopic (exact) mass is 185 g/mol. The van der Waals surface area contributed by atoms with E-state index in [4.69, 9.17) is 14.3 Å². The van der Waals surface area contributed by atoms with E-state index >= 15 is 0 Å². The molecule has 0 saturated heterocycles. The first-order valence-corrected chi connectivity index (χ1v) is 3.88. The van der Waals surface area contributed by atoms with Gasteiger partial charge < -0.3 is 14.3 Å². The van der Waals surface area contributed by atoms with Gasteiger partial charge in [-0.15, -0.1) is 0 Å². The maximum absolute atomic E-state index is 10.5. The Morgan fingerprint density at radius 2 is 2.46 bits per heavy atom. The Morgan fingerprint density at radius 1 is 1.77 bits per heavy atom. The van der Waals surface area contributed by atoms with Crippen LogP contribution in [0, 0.1) is 0 Å². The number of oxazole rings is 1. The number of carboxylic acids is 1. The largest absolute Gasteiger partial charge is 0.476 e. The van der Waals surface area contributed by atoms with E-state index in [9.17, 15) is 4.79 Å². The van der Waals surface area contributed by atoms with Gasteiger partial charge in [0.1, 0.15) is 6.61 Å². The molecule has 5 nitrogen and oxygen atoms in total. The molecule has 0 aliphatic carbocycles. The number of nitrogens with zero attached hydrogens (tertiary/aromatic N) is 1. The molecule has 1 N–H and O–H groups in total. The topological polar surface area (TPSA) is 72.6 Å². The van der Waals surface area contributed by atoms with Gasteiger partial charge in [-0.1, -0.05) is 0 Å². The van der Waals surface area contributed by atoms with Crippen LogP contribution in [0.15, 0.2) is 10.8 Å². The molecule has 0 amide bonds. The fourth-order valence-electron chi connectivity index (χ4n) is 0.790. The SMILES string of the molecule is CC(C)OCc1ocnc1C(=O)O. The summed E-state index contributed by atoms with van der Waals surface area (Å²) in [6, 6.07) is 0. The number of carbonyl (C=O) groups is 1. The quantitative estimate of drug-likeness (QED) is 0.765. The first-order chi connectivity index (χ1) is 6.11. The van der Waals surface area contributed by atoms with Crippen molar-refractivity contribution in [2.45, 2.75) is 26.6 Å². The van der Waals surface area contributed by atoms with Crippen molar-refractivity contribution in [2.75, 3.05) is 0 Å². The maximum atomic E-state index is 10.5. The van der Waals surface area contributed by atoms with Gasteiger partial charge in [0.05, 0.1) is 6.10 Å². The normalized spacial score (nSPS) is 10.7. The van der Waals surface area contributed by atoms with Crippen LogP contribution < -0.4 is 0 Å². The number of hydrogen-bond donors (Lipinski definition) is 1. The van der Waals surface area contributed by atoms with Gasteiger partial charge in [0.25, 0.3) is 0 Å². The van der Waals surface area contributed by atoms with Crippen LogP contribution in [0.5, 0.6) is 0 Å². The number of aromatic carboxylic acids is 1. The highest BCUT2D eigenvalue weighted by Gasteiger charge is 2.15. The molecule has 0 unspecified atom stereocenters. The first-order valence-electron chi connectivity index (χ1n) is 3.88. The smallest absolute Gasteiger partial charge is 0.358 e. The highest BCUT2D eigenvalue weighted by molar-refractivity contribution is 5.86. The van der Waals surface area contributed by atoms with E-state index < -0.39 is 5.97 Å². The Hall–Kier alpha value is -1.36. The van der Waals surface area contributed by atoms with E-state index in [0.717, 1.165) is 6.39 Å². The van der Waals surface area contributed by atoms with Crippen LogP contribution in [0.3, 0.4) is 0 Å². The Labute approximate surface area is 75.3 Å². The van der Waals surface area contributed by atoms with Gasteiger partial charge in [-0.25, -0.2) is 9.78 Å². The minimum absolute atomic E-state index is 0.0340. The number of ether oxygens (including phenoxy) is 1. The van der Waals surface area contributed by atoms with Gasteiger partial charge in [-0.2, -0.15) is 0 Å². The fraction of sp³-hybridized carbons (Fsp3) is 0.500. The molecule has 0 atom stereocenters. The van der Waals surface area contributed by atoms with Crippen LogP contribution in [0.2, 0.25) is 0 Å². The summed E-state index contributed by atoms with van der Waals surface area (Å²) in [4.78, 5) is 14.1. The Kier molecular flexibility index (Phi) is 3.02. The Bertz CT molecular complexity index is 292. The minimum atomic E-state index is -1.10. The molecule has 1 aromatic rings. The van der Waals surface area contributed by atoms with Crippen LogP contribution in [0.1, 0.15) is 30.1 Å². The average Bonchev–Trinajstić information content (AvgIpc) is 2.47. The summed E-state index contributed by atoms with van der Waals surface area (Å²) in [5, 5.41) is 8.64. The summed E-state index contributed by atoms with van der Waals surface area (Å²) in [6.45, 7) is 3.85. The third-order valence-electron chi connectivity index (χ3n) is 1.39. The lowest BCUT2D eigenvalue weighted by molar-refractivity contribution is 0.0512. The van der Waals surface area contributed by atoms with Crippen LogP contribution in [0.4, 0.5) is 0 Å². The zero-order valence-electron chi connectivity index (χ0n) is 7.48. The fourth-order valence-corrected chi connectivity index (χ4v) is 0.790. The van der Waals surface area contributed by atoms with E-state index in [1.807, 2.05) is 13.8 Å². The van der Waals surface area contributed by atoms with Gasteiger partial charge in [0.15, 0.2) is 17.8 Å². The molecular weight excluding hydrogens is 174 g/mol. The number of rotatable bonds is 4. The molecule has 0 spiro atoms. The predicted octanol–water partition coefficient (Wildman–Crippen LogP) is 1.30. The Balaban J connectivity index is 2.65. The zero-order chi connectivity index (χ0) is 9.84. The number of carboxylic acid groups (broad SMARTS) is 1. The summed E-state index contributed by atoms with van der Waals surface area (Å²) in [6.07, 6.45) is 1.13. The lowest BCUT2D eigenvalue weighted by Gasteiger charge is -2.04. The molecule has 1 heterocycles. The second kappa shape index (κ2) is 4.04. The lowest BCUT2D eigenvalue weighted by Crippen LogP contribution is -2.06. The third-order valence-corrected chi connectivity index (χ3v) is 1.39. The molecule has 5 heteroatoms. The first kappa shape index (κ1) is 9.73. The number of hydrogen-bond acceptors (Lipinski definition) is 4. The maximum Gasteiger partial charge on any atom is 0.358 e. The van der Waals surface area contributed by atoms with Crippen LogP contribution in [-0.4, -0.2) is 22.2 Å². The van der Waals surface area contributed by atoms with E-state index in [1.54, 1.807) is 0 Å². The van der Waals surface area contributed by atoms with Gasteiger partial charge >= 0.3 is 5.97 Å². The van der Waals surface area contributed by atoms with Gasteiger partial charge in [0, 0.05) is 0 Å². The predicted molar refractivity (Wildman–Crippen MR) is 43.4 cm³/mol. The molecule has 0 fully saturated rings. The zero-order valence-corrected chi connectivity index (χ0v) is 7.48. The highest BCUT2D eigenvalue weighted by Crippen LogP contribution is 2.09.